The van der Waals surface area contributed by atoms with Gasteiger partial charge in [-0.1, -0.05) is 0 Å². The van der Waals surface area contributed by atoms with E-state index < -0.39 is 29.5 Å². The normalized spacial score (nSPS) is 21.2. The van der Waals surface area contributed by atoms with E-state index in [9.17, 15) is 19.2 Å². The van der Waals surface area contributed by atoms with Gasteiger partial charge in [0.2, 0.25) is 17.6 Å². The van der Waals surface area contributed by atoms with E-state index in [0.717, 1.165) is 6.92 Å². The summed E-state index contributed by atoms with van der Waals surface area (Å²) in [6.07, 6.45) is -0.0994. The number of nitrogens with one attached hydrogen (secondary N) is 2. The van der Waals surface area contributed by atoms with Crippen LogP contribution in [0.4, 0.5) is 0 Å². The summed E-state index contributed by atoms with van der Waals surface area (Å²) in [4.78, 5) is 42.8. The van der Waals surface area contributed by atoms with Crippen molar-refractivity contribution in [1.82, 2.24) is 10.6 Å². The minimum atomic E-state index is -0.899. The van der Waals surface area contributed by atoms with Gasteiger partial charge in [0.15, 0.2) is 0 Å². The van der Waals surface area contributed by atoms with Gasteiger partial charge in [0.25, 0.3) is 5.91 Å². The molecule has 6 nitrogen and oxygen atoms in total. The van der Waals surface area contributed by atoms with E-state index in [2.05, 4.69) is 5.32 Å². The number of rotatable bonds is 2. The van der Waals surface area contributed by atoms with Gasteiger partial charge in [-0.05, 0) is 0 Å². The fourth-order valence-corrected chi connectivity index (χ4v) is 0.930. The van der Waals surface area contributed by atoms with Gasteiger partial charge in [0.05, 0.1) is 6.42 Å². The number of hydrogen-bond donors (Lipinski definition) is 2. The average Bonchev–Trinajstić information content (AvgIpc) is 2.30. The second kappa shape index (κ2) is 3.34. The molecule has 2 N–H and O–H groups in total. The van der Waals surface area contributed by atoms with E-state index in [0.29, 0.717) is 0 Å². The monoisotopic (exact) mass is 184 g/mol. The fraction of sp³-hybridized carbons (Fsp3) is 0.429. The summed E-state index contributed by atoms with van der Waals surface area (Å²) in [5.41, 5.74) is 0. The molecule has 1 rings (SSSR count). The second-order valence-electron chi connectivity index (χ2n) is 2.70. The molecule has 0 aliphatic carbocycles. The van der Waals surface area contributed by atoms with Crippen LogP contribution in [0.5, 0.6) is 0 Å². The molecule has 1 aliphatic rings. The second-order valence-corrected chi connectivity index (χ2v) is 2.70. The number of carbonyl (C=O) groups excluding carboxylic acids is 4. The van der Waals surface area contributed by atoms with Crippen molar-refractivity contribution in [3.05, 3.63) is 0 Å². The highest BCUT2D eigenvalue weighted by molar-refractivity contribution is 6.35. The summed E-state index contributed by atoms with van der Waals surface area (Å²) in [6, 6.07) is -0.899. The Morgan fingerprint density at radius 2 is 2.08 bits per heavy atom. The van der Waals surface area contributed by atoms with Crippen LogP contribution in [0, 0.1) is 0 Å². The number of ketones is 1. The van der Waals surface area contributed by atoms with Gasteiger partial charge in [-0.2, -0.15) is 0 Å². The number of carbonyl (C=O) groups is 4. The van der Waals surface area contributed by atoms with E-state index in [-0.39, 0.29) is 6.42 Å². The lowest BCUT2D eigenvalue weighted by molar-refractivity contribution is -0.138. The van der Waals surface area contributed by atoms with Crippen LogP contribution < -0.4 is 10.6 Å². The first kappa shape index (κ1) is 9.37. The molecule has 13 heavy (non-hydrogen) atoms. The van der Waals surface area contributed by atoms with Crippen molar-refractivity contribution in [2.75, 3.05) is 0 Å². The molecule has 1 saturated heterocycles. The van der Waals surface area contributed by atoms with Gasteiger partial charge in [-0.15, -0.1) is 0 Å². The topological polar surface area (TPSA) is 92.3 Å². The summed E-state index contributed by atoms with van der Waals surface area (Å²) < 4.78 is 0. The molecule has 0 aromatic heterocycles. The summed E-state index contributed by atoms with van der Waals surface area (Å²) >= 11 is 0. The first-order valence-electron chi connectivity index (χ1n) is 3.66. The minimum Gasteiger partial charge on any atom is -0.337 e. The van der Waals surface area contributed by atoms with Crippen molar-refractivity contribution in [3.63, 3.8) is 0 Å². The van der Waals surface area contributed by atoms with E-state index in [1.807, 2.05) is 5.32 Å². The molecule has 0 radical (unpaired) electrons. The zero-order chi connectivity index (χ0) is 10.0. The summed E-state index contributed by atoms with van der Waals surface area (Å²) in [5.74, 6) is -2.56. The quantitative estimate of drug-likeness (QED) is 0.387. The highest BCUT2D eigenvalue weighted by atomic mass is 16.2. The van der Waals surface area contributed by atoms with Crippen LogP contribution in [0.15, 0.2) is 0 Å². The Balaban J connectivity index is 2.55. The maximum atomic E-state index is 10.9. The molecule has 3 amide bonds. The highest BCUT2D eigenvalue weighted by Crippen LogP contribution is 2.00. The molecule has 0 aromatic carbocycles. The molecular weight excluding hydrogens is 176 g/mol. The molecule has 6 heteroatoms. The van der Waals surface area contributed by atoms with Gasteiger partial charge in [0, 0.05) is 6.92 Å². The molecule has 1 atom stereocenters. The molecule has 0 saturated carbocycles. The molecular formula is C7H8N2O4. The van der Waals surface area contributed by atoms with E-state index >= 15 is 0 Å². The fourth-order valence-electron chi connectivity index (χ4n) is 0.930. The van der Waals surface area contributed by atoms with Gasteiger partial charge in [-0.3, -0.25) is 24.5 Å². The number of amides is 3. The smallest absolute Gasteiger partial charge is 0.287 e. The lowest BCUT2D eigenvalue weighted by atomic mass is 10.2. The molecule has 0 spiro atoms. The van der Waals surface area contributed by atoms with Gasteiger partial charge < -0.3 is 5.32 Å². The largest absolute Gasteiger partial charge is 0.337 e. The van der Waals surface area contributed by atoms with Crippen LogP contribution in [0.3, 0.4) is 0 Å². The van der Waals surface area contributed by atoms with Crippen molar-refractivity contribution in [2.45, 2.75) is 19.4 Å². The van der Waals surface area contributed by atoms with Crippen LogP contribution in [0.1, 0.15) is 13.3 Å². The first-order valence-corrected chi connectivity index (χ1v) is 3.66. The molecule has 0 aromatic rings. The van der Waals surface area contributed by atoms with Crippen LogP contribution in [0.2, 0.25) is 0 Å². The third kappa shape index (κ3) is 2.11. The summed E-state index contributed by atoms with van der Waals surface area (Å²) in [6.45, 7) is 1.09. The maximum Gasteiger partial charge on any atom is 0.287 e. The first-order chi connectivity index (χ1) is 6.00. The van der Waals surface area contributed by atoms with Gasteiger partial charge in [0.1, 0.15) is 6.04 Å². The minimum absolute atomic E-state index is 0.0994. The van der Waals surface area contributed by atoms with Crippen molar-refractivity contribution < 1.29 is 19.2 Å². The SMILES string of the molecule is CC(=O)C(=O)NC1CC(=O)NC1=O. The molecule has 1 heterocycles. The van der Waals surface area contributed by atoms with Crippen molar-refractivity contribution in [1.29, 1.82) is 0 Å². The standard InChI is InChI=1S/C7H8N2O4/c1-3(10)6(12)8-4-2-5(11)9-7(4)13/h4H,2H2,1H3,(H,8,12)(H,9,11,13). The number of imide groups is 1. The molecule has 70 valence electrons. The zero-order valence-corrected chi connectivity index (χ0v) is 6.92. The van der Waals surface area contributed by atoms with Crippen molar-refractivity contribution >= 4 is 23.5 Å². The molecule has 0 bridgehead atoms. The van der Waals surface area contributed by atoms with Crippen molar-refractivity contribution in [2.24, 2.45) is 0 Å². The van der Waals surface area contributed by atoms with Crippen LogP contribution in [0.25, 0.3) is 0 Å². The lowest BCUT2D eigenvalue weighted by Gasteiger charge is -2.05. The molecule has 1 unspecified atom stereocenters. The Morgan fingerprint density at radius 3 is 2.46 bits per heavy atom. The Bertz CT molecular complexity index is 297. The Labute approximate surface area is 73.7 Å². The third-order valence-corrected chi connectivity index (χ3v) is 1.59. The Morgan fingerprint density at radius 1 is 1.46 bits per heavy atom. The summed E-state index contributed by atoms with van der Waals surface area (Å²) in [5, 5.41) is 4.14. The highest BCUT2D eigenvalue weighted by Gasteiger charge is 2.32. The van der Waals surface area contributed by atoms with E-state index in [4.69, 9.17) is 0 Å². The molecule has 1 fully saturated rings. The Kier molecular flexibility index (Phi) is 2.41. The predicted octanol–water partition coefficient (Wildman–Crippen LogP) is -1.89. The van der Waals surface area contributed by atoms with Gasteiger partial charge >= 0.3 is 0 Å². The third-order valence-electron chi connectivity index (χ3n) is 1.59. The average molecular weight is 184 g/mol. The number of Topliss-reactive ketones (excluding diaryl/α,β-unsaturated/α-hetero) is 1. The zero-order valence-electron chi connectivity index (χ0n) is 6.92. The number of hydrogen-bond acceptors (Lipinski definition) is 4. The van der Waals surface area contributed by atoms with Crippen LogP contribution in [-0.2, 0) is 19.2 Å². The van der Waals surface area contributed by atoms with E-state index in [1.165, 1.54) is 0 Å². The van der Waals surface area contributed by atoms with Gasteiger partial charge in [-0.25, -0.2) is 0 Å². The van der Waals surface area contributed by atoms with E-state index in [1.54, 1.807) is 0 Å². The summed E-state index contributed by atoms with van der Waals surface area (Å²) in [7, 11) is 0. The van der Waals surface area contributed by atoms with Crippen LogP contribution >= 0.6 is 0 Å². The predicted molar refractivity (Wildman–Crippen MR) is 40.4 cm³/mol. The molecule has 1 aliphatic heterocycles. The van der Waals surface area contributed by atoms with Crippen LogP contribution in [-0.4, -0.2) is 29.5 Å². The Hall–Kier alpha value is -1.72. The lowest BCUT2D eigenvalue weighted by Crippen LogP contribution is -2.42. The maximum absolute atomic E-state index is 10.9. The van der Waals surface area contributed by atoms with Crippen molar-refractivity contribution in [3.8, 4) is 0 Å².